The summed E-state index contributed by atoms with van der Waals surface area (Å²) in [5, 5.41) is 2.97. The first kappa shape index (κ1) is 11.5. The van der Waals surface area contributed by atoms with Crippen molar-refractivity contribution in [1.29, 1.82) is 0 Å². The molecule has 96 valence electrons. The summed E-state index contributed by atoms with van der Waals surface area (Å²) in [5.74, 6) is 0.326. The highest BCUT2D eigenvalue weighted by molar-refractivity contribution is 5.83. The van der Waals surface area contributed by atoms with Crippen LogP contribution in [0.3, 0.4) is 0 Å². The van der Waals surface area contributed by atoms with E-state index in [1.165, 1.54) is 0 Å². The molecule has 0 saturated carbocycles. The van der Waals surface area contributed by atoms with Crippen LogP contribution in [0.25, 0.3) is 0 Å². The van der Waals surface area contributed by atoms with E-state index < -0.39 is 0 Å². The zero-order valence-corrected chi connectivity index (χ0v) is 10.3. The number of carbonyl (C=O) groups is 1. The maximum atomic E-state index is 11.8. The van der Waals surface area contributed by atoms with Crippen molar-refractivity contribution in [2.45, 2.75) is 25.4 Å². The van der Waals surface area contributed by atoms with Gasteiger partial charge in [0.2, 0.25) is 5.91 Å². The fourth-order valence-electron chi connectivity index (χ4n) is 3.10. The van der Waals surface area contributed by atoms with Crippen molar-refractivity contribution in [2.24, 2.45) is 11.7 Å². The Kier molecular flexibility index (Phi) is 2.91. The third-order valence-corrected chi connectivity index (χ3v) is 3.97. The van der Waals surface area contributed by atoms with Gasteiger partial charge in [0.15, 0.2) is 0 Å². The molecule has 2 fully saturated rings. The van der Waals surface area contributed by atoms with Crippen LogP contribution in [-0.4, -0.2) is 30.0 Å². The number of nitrogens with zero attached hydrogens (tertiary/aromatic N) is 2. The van der Waals surface area contributed by atoms with Crippen molar-refractivity contribution in [1.82, 2.24) is 10.3 Å². The van der Waals surface area contributed by atoms with Crippen LogP contribution >= 0.6 is 0 Å². The Morgan fingerprint density at radius 2 is 2.44 bits per heavy atom. The number of rotatable bonds is 2. The molecule has 0 aliphatic carbocycles. The molecular weight excluding hydrogens is 228 g/mol. The van der Waals surface area contributed by atoms with Gasteiger partial charge in [-0.15, -0.1) is 0 Å². The molecule has 2 aliphatic rings. The minimum atomic E-state index is 0.129. The van der Waals surface area contributed by atoms with Gasteiger partial charge in [0.1, 0.15) is 0 Å². The van der Waals surface area contributed by atoms with Gasteiger partial charge in [0.05, 0.1) is 23.3 Å². The molecule has 1 aromatic heterocycles. The van der Waals surface area contributed by atoms with Gasteiger partial charge >= 0.3 is 0 Å². The first-order valence-corrected chi connectivity index (χ1v) is 6.49. The van der Waals surface area contributed by atoms with Crippen molar-refractivity contribution in [3.8, 4) is 0 Å². The summed E-state index contributed by atoms with van der Waals surface area (Å²) in [6.45, 7) is 2.16. The summed E-state index contributed by atoms with van der Waals surface area (Å²) in [6.07, 6.45) is 3.81. The van der Waals surface area contributed by atoms with Crippen molar-refractivity contribution >= 4 is 11.6 Å². The van der Waals surface area contributed by atoms with Crippen LogP contribution < -0.4 is 16.0 Å². The van der Waals surface area contributed by atoms with Gasteiger partial charge in [-0.1, -0.05) is 0 Å². The molecule has 2 aliphatic heterocycles. The normalized spacial score (nSPS) is 26.9. The minimum absolute atomic E-state index is 0.129. The molecule has 0 bridgehead atoms. The van der Waals surface area contributed by atoms with E-state index in [4.69, 9.17) is 5.73 Å². The second kappa shape index (κ2) is 4.57. The number of pyridine rings is 1. The number of anilines is 1. The lowest BCUT2D eigenvalue weighted by molar-refractivity contribution is -0.122. The average Bonchev–Trinajstić information content (AvgIpc) is 2.81. The van der Waals surface area contributed by atoms with Gasteiger partial charge < -0.3 is 16.0 Å². The molecule has 18 heavy (non-hydrogen) atoms. The Bertz CT molecular complexity index is 462. The molecule has 2 unspecified atom stereocenters. The van der Waals surface area contributed by atoms with Gasteiger partial charge in [-0.2, -0.15) is 0 Å². The van der Waals surface area contributed by atoms with E-state index in [1.54, 1.807) is 6.20 Å². The van der Waals surface area contributed by atoms with Crippen LogP contribution in [0.5, 0.6) is 0 Å². The number of amides is 1. The number of nitrogens with one attached hydrogen (secondary N) is 1. The van der Waals surface area contributed by atoms with E-state index in [9.17, 15) is 4.79 Å². The number of nitrogens with two attached hydrogens (primary N) is 1. The summed E-state index contributed by atoms with van der Waals surface area (Å²) in [4.78, 5) is 18.4. The zero-order chi connectivity index (χ0) is 12.5. The fourth-order valence-corrected chi connectivity index (χ4v) is 3.10. The standard InChI is InChI=1S/C13H18N4O/c14-7-10-11(4-1-5-15-10)17-6-2-3-9-12(17)8-16-13(9)18/h1,4-5,9,12H,2-3,6-8,14H2,(H,16,18). The van der Waals surface area contributed by atoms with Crippen molar-refractivity contribution in [3.05, 3.63) is 24.0 Å². The monoisotopic (exact) mass is 246 g/mol. The molecule has 3 heterocycles. The molecule has 0 spiro atoms. The number of carbonyl (C=O) groups excluding carboxylic acids is 1. The molecule has 2 atom stereocenters. The number of hydrogen-bond donors (Lipinski definition) is 2. The Morgan fingerprint density at radius 1 is 1.56 bits per heavy atom. The third-order valence-electron chi connectivity index (χ3n) is 3.97. The predicted molar refractivity (Wildman–Crippen MR) is 69.0 cm³/mol. The van der Waals surface area contributed by atoms with Crippen LogP contribution in [0, 0.1) is 5.92 Å². The van der Waals surface area contributed by atoms with E-state index in [-0.39, 0.29) is 17.9 Å². The quantitative estimate of drug-likeness (QED) is 0.785. The van der Waals surface area contributed by atoms with Gasteiger partial charge in [0, 0.05) is 25.8 Å². The second-order valence-corrected chi connectivity index (χ2v) is 4.93. The molecule has 0 aromatic carbocycles. The maximum absolute atomic E-state index is 11.8. The Labute approximate surface area is 106 Å². The molecule has 1 aromatic rings. The number of piperidine rings is 1. The predicted octanol–water partition coefficient (Wildman–Crippen LogP) is 0.255. The molecule has 1 amide bonds. The van der Waals surface area contributed by atoms with E-state index in [0.717, 1.165) is 37.3 Å². The summed E-state index contributed by atoms with van der Waals surface area (Å²) < 4.78 is 0. The molecule has 5 heteroatoms. The van der Waals surface area contributed by atoms with E-state index in [0.29, 0.717) is 6.54 Å². The molecular formula is C13H18N4O. The smallest absolute Gasteiger partial charge is 0.225 e. The molecule has 5 nitrogen and oxygen atoms in total. The lowest BCUT2D eigenvalue weighted by atomic mass is 9.91. The third kappa shape index (κ3) is 1.75. The molecule has 3 N–H and O–H groups in total. The van der Waals surface area contributed by atoms with E-state index in [2.05, 4.69) is 21.3 Å². The number of aromatic nitrogens is 1. The molecule has 3 rings (SSSR count). The van der Waals surface area contributed by atoms with Gasteiger partial charge in [-0.05, 0) is 25.0 Å². The van der Waals surface area contributed by atoms with Crippen molar-refractivity contribution < 1.29 is 4.79 Å². The average molecular weight is 246 g/mol. The van der Waals surface area contributed by atoms with Crippen LogP contribution in [0.4, 0.5) is 5.69 Å². The highest BCUT2D eigenvalue weighted by atomic mass is 16.2. The number of hydrogen-bond acceptors (Lipinski definition) is 4. The highest BCUT2D eigenvalue weighted by Crippen LogP contribution is 2.32. The zero-order valence-electron chi connectivity index (χ0n) is 10.3. The van der Waals surface area contributed by atoms with Gasteiger partial charge in [-0.3, -0.25) is 9.78 Å². The summed E-state index contributed by atoms with van der Waals surface area (Å²) in [5.41, 5.74) is 7.75. The maximum Gasteiger partial charge on any atom is 0.225 e. The van der Waals surface area contributed by atoms with E-state index in [1.807, 2.05) is 6.07 Å². The first-order valence-electron chi connectivity index (χ1n) is 6.49. The summed E-state index contributed by atoms with van der Waals surface area (Å²) in [6, 6.07) is 4.25. The van der Waals surface area contributed by atoms with Gasteiger partial charge in [-0.25, -0.2) is 0 Å². The first-order chi connectivity index (χ1) is 8.81. The topological polar surface area (TPSA) is 71.2 Å². The Balaban J connectivity index is 1.93. The minimum Gasteiger partial charge on any atom is -0.364 e. The van der Waals surface area contributed by atoms with Crippen LogP contribution in [-0.2, 0) is 11.3 Å². The molecule has 2 saturated heterocycles. The lowest BCUT2D eigenvalue weighted by Gasteiger charge is -2.38. The largest absolute Gasteiger partial charge is 0.364 e. The highest BCUT2D eigenvalue weighted by Gasteiger charge is 2.41. The number of fused-ring (bicyclic) bond motifs is 1. The van der Waals surface area contributed by atoms with E-state index >= 15 is 0 Å². The lowest BCUT2D eigenvalue weighted by Crippen LogP contribution is -2.46. The van der Waals surface area contributed by atoms with Crippen LogP contribution in [0.1, 0.15) is 18.5 Å². The summed E-state index contributed by atoms with van der Waals surface area (Å²) >= 11 is 0. The summed E-state index contributed by atoms with van der Waals surface area (Å²) in [7, 11) is 0. The van der Waals surface area contributed by atoms with Crippen LogP contribution in [0.2, 0.25) is 0 Å². The van der Waals surface area contributed by atoms with Crippen LogP contribution in [0.15, 0.2) is 18.3 Å². The fraction of sp³-hybridized carbons (Fsp3) is 0.538. The van der Waals surface area contributed by atoms with Crippen molar-refractivity contribution in [2.75, 3.05) is 18.0 Å². The SMILES string of the molecule is NCc1ncccc1N1CCCC2C(=O)NCC21. The Hall–Kier alpha value is -1.62. The Morgan fingerprint density at radius 3 is 3.28 bits per heavy atom. The second-order valence-electron chi connectivity index (χ2n) is 4.93. The molecule has 0 radical (unpaired) electrons. The van der Waals surface area contributed by atoms with Crippen molar-refractivity contribution in [3.63, 3.8) is 0 Å². The van der Waals surface area contributed by atoms with Gasteiger partial charge in [0.25, 0.3) is 0 Å².